The molecule has 0 bridgehead atoms. The van der Waals surface area contributed by atoms with Gasteiger partial charge >= 0.3 is 0 Å². The predicted octanol–water partition coefficient (Wildman–Crippen LogP) is 1.03. The number of aliphatic hydroxyl groups is 1. The van der Waals surface area contributed by atoms with Gasteiger partial charge in [0.15, 0.2) is 0 Å². The summed E-state index contributed by atoms with van der Waals surface area (Å²) in [5.74, 6) is -1.32. The van der Waals surface area contributed by atoms with Crippen molar-refractivity contribution in [2.75, 3.05) is 6.61 Å². The highest BCUT2D eigenvalue weighted by atomic mass is 32.2. The van der Waals surface area contributed by atoms with E-state index in [0.29, 0.717) is 6.07 Å². The molecule has 0 heterocycles. The SMILES string of the molecule is CC(C)C(CO)NS(=O)(=O)c1cc([N+](=O)[O-])ccc1F. The van der Waals surface area contributed by atoms with E-state index in [1.54, 1.807) is 13.8 Å². The van der Waals surface area contributed by atoms with Gasteiger partial charge in [-0.3, -0.25) is 10.1 Å². The van der Waals surface area contributed by atoms with Crippen molar-refractivity contribution >= 4 is 15.7 Å². The van der Waals surface area contributed by atoms with Crippen LogP contribution >= 0.6 is 0 Å². The Kier molecular flexibility index (Phi) is 5.15. The summed E-state index contributed by atoms with van der Waals surface area (Å²) in [4.78, 5) is 8.98. The summed E-state index contributed by atoms with van der Waals surface area (Å²) in [6.07, 6.45) is 0. The molecule has 0 radical (unpaired) electrons. The molecule has 1 aromatic rings. The highest BCUT2D eigenvalue weighted by molar-refractivity contribution is 7.89. The van der Waals surface area contributed by atoms with Crippen molar-refractivity contribution in [1.29, 1.82) is 0 Å². The summed E-state index contributed by atoms with van der Waals surface area (Å²) in [6, 6.07) is 1.43. The first kappa shape index (κ1) is 16.5. The number of non-ortho nitro benzene ring substituents is 1. The van der Waals surface area contributed by atoms with Gasteiger partial charge in [0.25, 0.3) is 5.69 Å². The van der Waals surface area contributed by atoms with Gasteiger partial charge in [-0.15, -0.1) is 0 Å². The Morgan fingerprint density at radius 3 is 2.50 bits per heavy atom. The molecule has 1 aromatic carbocycles. The first-order valence-corrected chi connectivity index (χ1v) is 7.24. The molecule has 0 aliphatic carbocycles. The number of hydrogen-bond acceptors (Lipinski definition) is 5. The zero-order valence-electron chi connectivity index (χ0n) is 10.9. The van der Waals surface area contributed by atoms with E-state index in [-0.39, 0.29) is 5.92 Å². The van der Waals surface area contributed by atoms with Gasteiger partial charge in [0.2, 0.25) is 10.0 Å². The average molecular weight is 306 g/mol. The number of nitrogens with zero attached hydrogens (tertiary/aromatic N) is 1. The topological polar surface area (TPSA) is 110 Å². The maximum absolute atomic E-state index is 13.6. The van der Waals surface area contributed by atoms with E-state index >= 15 is 0 Å². The standard InChI is InChI=1S/C11H15FN2O5S/c1-7(2)10(6-15)13-20(18,19)11-5-8(14(16)17)3-4-9(11)12/h3-5,7,10,13,15H,6H2,1-2H3. The number of benzene rings is 1. The molecule has 7 nitrogen and oxygen atoms in total. The van der Waals surface area contributed by atoms with Crippen LogP contribution in [0.15, 0.2) is 23.1 Å². The molecule has 0 fully saturated rings. The molecule has 2 N–H and O–H groups in total. The Labute approximate surface area is 115 Å². The van der Waals surface area contributed by atoms with Crippen LogP contribution < -0.4 is 4.72 Å². The van der Waals surface area contributed by atoms with Crippen LogP contribution in [-0.4, -0.2) is 31.1 Å². The lowest BCUT2D eigenvalue weighted by Gasteiger charge is -2.19. The highest BCUT2D eigenvalue weighted by Crippen LogP contribution is 2.21. The van der Waals surface area contributed by atoms with Gasteiger partial charge in [-0.1, -0.05) is 13.8 Å². The van der Waals surface area contributed by atoms with Gasteiger partial charge in [-0.25, -0.2) is 17.5 Å². The molecule has 1 unspecified atom stereocenters. The lowest BCUT2D eigenvalue weighted by Crippen LogP contribution is -2.41. The Morgan fingerprint density at radius 2 is 2.05 bits per heavy atom. The minimum Gasteiger partial charge on any atom is -0.395 e. The Bertz CT molecular complexity index is 603. The number of rotatable bonds is 6. The molecule has 20 heavy (non-hydrogen) atoms. The fourth-order valence-electron chi connectivity index (χ4n) is 1.46. The van der Waals surface area contributed by atoms with Gasteiger partial charge < -0.3 is 5.11 Å². The van der Waals surface area contributed by atoms with Gasteiger partial charge in [0.1, 0.15) is 10.7 Å². The average Bonchev–Trinajstić information content (AvgIpc) is 2.35. The number of hydrogen-bond donors (Lipinski definition) is 2. The highest BCUT2D eigenvalue weighted by Gasteiger charge is 2.26. The van der Waals surface area contributed by atoms with E-state index in [2.05, 4.69) is 4.72 Å². The van der Waals surface area contributed by atoms with Crippen LogP contribution in [0.2, 0.25) is 0 Å². The van der Waals surface area contributed by atoms with E-state index in [4.69, 9.17) is 5.11 Å². The molecule has 112 valence electrons. The molecule has 0 amide bonds. The van der Waals surface area contributed by atoms with Gasteiger partial charge in [0, 0.05) is 18.2 Å². The van der Waals surface area contributed by atoms with E-state index < -0.39 is 44.0 Å². The van der Waals surface area contributed by atoms with Crippen LogP contribution in [0.3, 0.4) is 0 Å². The molecule has 1 atom stereocenters. The number of halogens is 1. The number of sulfonamides is 1. The van der Waals surface area contributed by atoms with Crippen LogP contribution in [0.25, 0.3) is 0 Å². The van der Waals surface area contributed by atoms with Crippen LogP contribution in [0.1, 0.15) is 13.8 Å². The fourth-order valence-corrected chi connectivity index (χ4v) is 2.93. The molecular formula is C11H15FN2O5S. The van der Waals surface area contributed by atoms with E-state index in [9.17, 15) is 22.9 Å². The molecule has 9 heteroatoms. The second-order valence-corrected chi connectivity index (χ2v) is 6.21. The number of aliphatic hydroxyl groups excluding tert-OH is 1. The first-order valence-electron chi connectivity index (χ1n) is 5.76. The van der Waals surface area contributed by atoms with Crippen LogP contribution in [0.5, 0.6) is 0 Å². The second kappa shape index (κ2) is 6.25. The van der Waals surface area contributed by atoms with E-state index in [1.165, 1.54) is 0 Å². The zero-order chi connectivity index (χ0) is 15.5. The Hall–Kier alpha value is -1.58. The summed E-state index contributed by atoms with van der Waals surface area (Å²) in [7, 11) is -4.29. The lowest BCUT2D eigenvalue weighted by molar-refractivity contribution is -0.385. The van der Waals surface area contributed by atoms with E-state index in [0.717, 1.165) is 12.1 Å². The summed E-state index contributed by atoms with van der Waals surface area (Å²) < 4.78 is 39.7. The first-order chi connectivity index (χ1) is 9.19. The van der Waals surface area contributed by atoms with Crippen molar-refractivity contribution < 1.29 is 22.8 Å². The van der Waals surface area contributed by atoms with Gasteiger partial charge in [-0.2, -0.15) is 0 Å². The monoisotopic (exact) mass is 306 g/mol. The van der Waals surface area contributed by atoms with Crippen LogP contribution in [0.4, 0.5) is 10.1 Å². The summed E-state index contributed by atoms with van der Waals surface area (Å²) in [5, 5.41) is 19.7. The molecule has 0 aliphatic heterocycles. The van der Waals surface area contributed by atoms with Crippen LogP contribution in [0, 0.1) is 21.8 Å². The van der Waals surface area contributed by atoms with Crippen molar-refractivity contribution in [2.24, 2.45) is 5.92 Å². The minimum absolute atomic E-state index is 0.225. The Morgan fingerprint density at radius 1 is 1.45 bits per heavy atom. The van der Waals surface area contributed by atoms with Gasteiger partial charge in [-0.05, 0) is 12.0 Å². The molecule has 1 rings (SSSR count). The van der Waals surface area contributed by atoms with Crippen LogP contribution in [-0.2, 0) is 10.0 Å². The van der Waals surface area contributed by atoms with Crippen molar-refractivity contribution in [1.82, 2.24) is 4.72 Å². The van der Waals surface area contributed by atoms with Crippen molar-refractivity contribution in [3.63, 3.8) is 0 Å². The maximum atomic E-state index is 13.6. The van der Waals surface area contributed by atoms with Crippen molar-refractivity contribution in [3.8, 4) is 0 Å². The number of nitrogens with one attached hydrogen (secondary N) is 1. The minimum atomic E-state index is -4.29. The molecule has 0 aromatic heterocycles. The Balaban J connectivity index is 3.21. The quantitative estimate of drug-likeness (QED) is 0.602. The van der Waals surface area contributed by atoms with Gasteiger partial charge in [0.05, 0.1) is 11.5 Å². The van der Waals surface area contributed by atoms with Crippen molar-refractivity contribution in [2.45, 2.75) is 24.8 Å². The fraction of sp³-hybridized carbons (Fsp3) is 0.455. The normalized spacial score (nSPS) is 13.4. The maximum Gasteiger partial charge on any atom is 0.270 e. The molecule has 0 saturated heterocycles. The summed E-state index contributed by atoms with van der Waals surface area (Å²) >= 11 is 0. The van der Waals surface area contributed by atoms with E-state index in [1.807, 2.05) is 0 Å². The zero-order valence-corrected chi connectivity index (χ0v) is 11.7. The smallest absolute Gasteiger partial charge is 0.270 e. The molecule has 0 spiro atoms. The summed E-state index contributed by atoms with van der Waals surface area (Å²) in [5.41, 5.74) is -0.531. The number of nitro groups is 1. The van der Waals surface area contributed by atoms with Crippen molar-refractivity contribution in [3.05, 3.63) is 34.1 Å². The summed E-state index contributed by atoms with van der Waals surface area (Å²) in [6.45, 7) is 2.88. The number of nitro benzene ring substituents is 1. The third-order valence-corrected chi connectivity index (χ3v) is 4.23. The molecule has 0 saturated carbocycles. The predicted molar refractivity (Wildman–Crippen MR) is 69.1 cm³/mol. The largest absolute Gasteiger partial charge is 0.395 e. The molecular weight excluding hydrogens is 291 g/mol. The second-order valence-electron chi connectivity index (χ2n) is 4.53. The third-order valence-electron chi connectivity index (χ3n) is 2.72. The lowest BCUT2D eigenvalue weighted by atomic mass is 10.1. The molecule has 0 aliphatic rings. The third kappa shape index (κ3) is 3.71.